The van der Waals surface area contributed by atoms with Crippen molar-refractivity contribution in [3.8, 4) is 17.2 Å². The molecule has 1 aromatic heterocycles. The Labute approximate surface area is 212 Å². The Hall–Kier alpha value is -4.37. The van der Waals surface area contributed by atoms with Crippen LogP contribution in [0.5, 0.6) is 17.2 Å². The quantitative estimate of drug-likeness (QED) is 0.217. The molecule has 0 bridgehead atoms. The molecule has 0 aliphatic carbocycles. The maximum atomic E-state index is 12.8. The molecule has 184 valence electrons. The number of hydrogen-bond acceptors (Lipinski definition) is 6. The van der Waals surface area contributed by atoms with E-state index in [4.69, 9.17) is 21.1 Å². The van der Waals surface area contributed by atoms with E-state index >= 15 is 0 Å². The van der Waals surface area contributed by atoms with Crippen molar-refractivity contribution >= 4 is 28.9 Å². The molecule has 3 aromatic carbocycles. The molecule has 0 saturated heterocycles. The van der Waals surface area contributed by atoms with Gasteiger partial charge in [-0.1, -0.05) is 17.7 Å². The van der Waals surface area contributed by atoms with Gasteiger partial charge in [0.05, 0.1) is 16.7 Å². The third-order valence-corrected chi connectivity index (χ3v) is 5.58. The summed E-state index contributed by atoms with van der Waals surface area (Å²) in [6.45, 7) is 5.82. The van der Waals surface area contributed by atoms with Gasteiger partial charge in [-0.2, -0.15) is 5.10 Å². The van der Waals surface area contributed by atoms with Gasteiger partial charge in [0.15, 0.2) is 12.4 Å². The summed E-state index contributed by atoms with van der Waals surface area (Å²) in [4.78, 5) is 23.7. The summed E-state index contributed by atoms with van der Waals surface area (Å²) in [5.74, 6) is 0.849. The molecule has 4 rings (SSSR count). The van der Waals surface area contributed by atoms with Gasteiger partial charge in [-0.15, -0.1) is 0 Å². The van der Waals surface area contributed by atoms with Crippen LogP contribution in [0.1, 0.15) is 27.2 Å². The fraction of sp³-hybridized carbons (Fsp3) is 0.154. The highest BCUT2D eigenvalue weighted by Gasteiger charge is 2.16. The lowest BCUT2D eigenvalue weighted by Gasteiger charge is -2.10. The summed E-state index contributed by atoms with van der Waals surface area (Å²) in [6.07, 6.45) is 1.60. The molecule has 9 nitrogen and oxygen atoms in total. The minimum atomic E-state index is -0.547. The van der Waals surface area contributed by atoms with E-state index in [1.165, 1.54) is 28.9 Å². The van der Waals surface area contributed by atoms with Crippen molar-refractivity contribution < 1.29 is 19.2 Å². The first-order chi connectivity index (χ1) is 17.2. The molecule has 0 saturated carbocycles. The molecule has 36 heavy (non-hydrogen) atoms. The molecule has 1 N–H and O–H groups in total. The van der Waals surface area contributed by atoms with Gasteiger partial charge in [0, 0.05) is 23.4 Å². The molecule has 0 fully saturated rings. The highest BCUT2D eigenvalue weighted by molar-refractivity contribution is 6.31. The Morgan fingerprint density at radius 1 is 1.00 bits per heavy atom. The van der Waals surface area contributed by atoms with E-state index in [9.17, 15) is 14.9 Å². The first kappa shape index (κ1) is 24.7. The molecule has 4 aromatic rings. The highest BCUT2D eigenvalue weighted by Crippen LogP contribution is 2.31. The van der Waals surface area contributed by atoms with Crippen LogP contribution in [-0.4, -0.2) is 20.6 Å². The number of non-ortho nitro benzene ring substituents is 1. The molecular weight excluding hydrogens is 484 g/mol. The van der Waals surface area contributed by atoms with Crippen LogP contribution in [0.4, 0.5) is 11.4 Å². The van der Waals surface area contributed by atoms with Crippen molar-refractivity contribution in [1.82, 2.24) is 9.78 Å². The van der Waals surface area contributed by atoms with Gasteiger partial charge in [-0.05, 0) is 73.9 Å². The zero-order chi connectivity index (χ0) is 25.8. The predicted octanol–water partition coefficient (Wildman–Crippen LogP) is 6.45. The van der Waals surface area contributed by atoms with Gasteiger partial charge in [0.1, 0.15) is 17.2 Å². The van der Waals surface area contributed by atoms with Crippen LogP contribution in [-0.2, 0) is 6.73 Å². The number of nitro groups is 1. The van der Waals surface area contributed by atoms with Crippen molar-refractivity contribution in [2.75, 3.05) is 5.32 Å². The molecule has 1 heterocycles. The minimum Gasteiger partial charge on any atom is -0.471 e. The SMILES string of the molecule is Cc1cc(C)cc(Oc2cc(NC(=O)c3ccn(COc4ccc(Cl)c(C)c4)n3)cc([N+](=O)[O-])c2)c1. The fourth-order valence-electron chi connectivity index (χ4n) is 3.55. The van der Waals surface area contributed by atoms with Gasteiger partial charge >= 0.3 is 0 Å². The van der Waals surface area contributed by atoms with E-state index in [1.807, 2.05) is 39.0 Å². The number of rotatable bonds is 8. The molecule has 10 heteroatoms. The van der Waals surface area contributed by atoms with Gasteiger partial charge < -0.3 is 14.8 Å². The summed E-state index contributed by atoms with van der Waals surface area (Å²) in [6, 6.07) is 16.5. The van der Waals surface area contributed by atoms with Gasteiger partial charge in [-0.3, -0.25) is 14.9 Å². The number of ether oxygens (including phenoxy) is 2. The Kier molecular flexibility index (Phi) is 7.21. The standard InChI is InChI=1S/C26H23ClN4O5/c1-16-8-17(2)10-22(9-16)36-23-13-19(12-20(14-23)31(33)34)28-26(32)25-6-7-30(29-25)15-35-21-4-5-24(27)18(3)11-21/h4-14H,15H2,1-3H3,(H,28,32). The Morgan fingerprint density at radius 3 is 2.42 bits per heavy atom. The van der Waals surface area contributed by atoms with E-state index in [-0.39, 0.29) is 29.5 Å². The number of halogens is 1. The number of benzene rings is 3. The van der Waals surface area contributed by atoms with Crippen molar-refractivity contribution in [3.05, 3.63) is 104 Å². The second kappa shape index (κ2) is 10.5. The van der Waals surface area contributed by atoms with E-state index < -0.39 is 10.8 Å². The average molecular weight is 507 g/mol. The molecular formula is C26H23ClN4O5. The fourth-order valence-corrected chi connectivity index (χ4v) is 3.66. The average Bonchev–Trinajstić information content (AvgIpc) is 3.28. The number of nitrogens with zero attached hydrogens (tertiary/aromatic N) is 3. The Bertz CT molecular complexity index is 1430. The number of aryl methyl sites for hydroxylation is 3. The summed E-state index contributed by atoms with van der Waals surface area (Å²) >= 11 is 6.03. The molecule has 0 aliphatic rings. The number of carbonyl (C=O) groups excluding carboxylic acids is 1. The zero-order valence-electron chi connectivity index (χ0n) is 19.8. The third-order valence-electron chi connectivity index (χ3n) is 5.16. The highest BCUT2D eigenvalue weighted by atomic mass is 35.5. The van der Waals surface area contributed by atoms with Crippen molar-refractivity contribution in [2.45, 2.75) is 27.5 Å². The van der Waals surface area contributed by atoms with E-state index in [0.29, 0.717) is 16.5 Å². The monoisotopic (exact) mass is 506 g/mol. The first-order valence-corrected chi connectivity index (χ1v) is 11.3. The molecule has 0 spiro atoms. The van der Waals surface area contributed by atoms with Crippen LogP contribution in [0.25, 0.3) is 0 Å². The topological polar surface area (TPSA) is 109 Å². The Morgan fingerprint density at radius 2 is 1.72 bits per heavy atom. The van der Waals surface area contributed by atoms with Crippen molar-refractivity contribution in [1.29, 1.82) is 0 Å². The van der Waals surface area contributed by atoms with Crippen molar-refractivity contribution in [2.24, 2.45) is 0 Å². The second-order valence-electron chi connectivity index (χ2n) is 8.28. The number of carbonyl (C=O) groups is 1. The maximum absolute atomic E-state index is 12.8. The van der Waals surface area contributed by atoms with Crippen LogP contribution in [0.2, 0.25) is 5.02 Å². The number of amides is 1. The zero-order valence-corrected chi connectivity index (χ0v) is 20.6. The van der Waals surface area contributed by atoms with E-state index in [2.05, 4.69) is 10.4 Å². The van der Waals surface area contributed by atoms with E-state index in [0.717, 1.165) is 16.7 Å². The number of aromatic nitrogens is 2. The normalized spacial score (nSPS) is 10.7. The largest absolute Gasteiger partial charge is 0.471 e. The van der Waals surface area contributed by atoms with Gasteiger partial charge in [0.25, 0.3) is 11.6 Å². The predicted molar refractivity (Wildman–Crippen MR) is 136 cm³/mol. The van der Waals surface area contributed by atoms with Crippen LogP contribution < -0.4 is 14.8 Å². The number of anilines is 1. The Balaban J connectivity index is 1.47. The molecule has 0 unspecified atom stereocenters. The van der Waals surface area contributed by atoms with Crippen LogP contribution in [0.3, 0.4) is 0 Å². The van der Waals surface area contributed by atoms with Gasteiger partial charge in [0.2, 0.25) is 0 Å². The lowest BCUT2D eigenvalue weighted by molar-refractivity contribution is -0.384. The minimum absolute atomic E-state index is 0.0824. The summed E-state index contributed by atoms with van der Waals surface area (Å²) < 4.78 is 13.0. The second-order valence-corrected chi connectivity index (χ2v) is 8.68. The van der Waals surface area contributed by atoms with Crippen molar-refractivity contribution in [3.63, 3.8) is 0 Å². The molecule has 0 atom stereocenters. The maximum Gasteiger partial charge on any atom is 0.276 e. The van der Waals surface area contributed by atoms with Crippen LogP contribution >= 0.6 is 11.6 Å². The third kappa shape index (κ3) is 6.19. The lowest BCUT2D eigenvalue weighted by atomic mass is 10.1. The molecule has 1 amide bonds. The van der Waals surface area contributed by atoms with Crippen LogP contribution in [0.15, 0.2) is 66.9 Å². The summed E-state index contributed by atoms with van der Waals surface area (Å²) in [5.41, 5.74) is 2.98. The molecule has 0 radical (unpaired) electrons. The first-order valence-electron chi connectivity index (χ1n) is 11.0. The number of nitro benzene ring substituents is 1. The van der Waals surface area contributed by atoms with Gasteiger partial charge in [-0.25, -0.2) is 4.68 Å². The number of nitrogens with one attached hydrogen (secondary N) is 1. The lowest BCUT2D eigenvalue weighted by Crippen LogP contribution is -2.14. The molecule has 0 aliphatic heterocycles. The van der Waals surface area contributed by atoms with Crippen LogP contribution in [0, 0.1) is 30.9 Å². The summed E-state index contributed by atoms with van der Waals surface area (Å²) in [7, 11) is 0. The summed E-state index contributed by atoms with van der Waals surface area (Å²) in [5, 5.41) is 19.0. The van der Waals surface area contributed by atoms with E-state index in [1.54, 1.807) is 24.4 Å². The number of hydrogen-bond donors (Lipinski definition) is 1. The smallest absolute Gasteiger partial charge is 0.276 e.